The molecule has 21 heavy (non-hydrogen) atoms. The maximum Gasteiger partial charge on any atom is 0.264 e. The van der Waals surface area contributed by atoms with Gasteiger partial charge < -0.3 is 5.32 Å². The van der Waals surface area contributed by atoms with Gasteiger partial charge in [0.1, 0.15) is 4.90 Å². The Labute approximate surface area is 135 Å². The van der Waals surface area contributed by atoms with Gasteiger partial charge in [-0.05, 0) is 36.8 Å². The van der Waals surface area contributed by atoms with E-state index < -0.39 is 25.7 Å². The molecule has 1 amide bonds. The number of hydrogen-bond donors (Lipinski definition) is 1. The van der Waals surface area contributed by atoms with Crippen LogP contribution in [-0.4, -0.2) is 20.9 Å². The molecule has 8 heteroatoms. The van der Waals surface area contributed by atoms with Gasteiger partial charge in [-0.25, -0.2) is 12.8 Å². The zero-order valence-corrected chi connectivity index (χ0v) is 14.4. The summed E-state index contributed by atoms with van der Waals surface area (Å²) in [7, 11) is 0.910. The maximum atomic E-state index is 14.1. The molecule has 116 valence electrons. The smallest absolute Gasteiger partial charge is 0.264 e. The van der Waals surface area contributed by atoms with Gasteiger partial charge in [-0.3, -0.25) is 4.79 Å². The van der Waals surface area contributed by atoms with E-state index in [1.165, 1.54) is 6.07 Å². The van der Waals surface area contributed by atoms with Gasteiger partial charge in [0.2, 0.25) is 0 Å². The number of carbonyl (C=O) groups excluding carboxylic acids is 1. The number of carbonyl (C=O) groups is 1. The second kappa shape index (κ2) is 6.22. The third kappa shape index (κ3) is 4.17. The summed E-state index contributed by atoms with van der Waals surface area (Å²) >= 11 is 3.05. The van der Waals surface area contributed by atoms with Crippen LogP contribution in [0.15, 0.2) is 21.5 Å². The highest BCUT2D eigenvalue weighted by Gasteiger charge is 2.29. The zero-order valence-electron chi connectivity index (χ0n) is 11.2. The number of rotatable bonds is 5. The fourth-order valence-electron chi connectivity index (χ4n) is 2.09. The molecule has 1 aromatic carbocycles. The van der Waals surface area contributed by atoms with Crippen molar-refractivity contribution in [1.82, 2.24) is 5.32 Å². The molecule has 1 aliphatic rings. The normalized spacial score (nSPS) is 16.6. The molecule has 0 radical (unpaired) electrons. The monoisotopic (exact) mass is 397 g/mol. The standard InChI is InChI=1S/C13H14BrClFNO3S/c1-7(8-2-3-8)6-17-13(18)10-4-9(14)5-11(12(10)16)21(15,19)20/h4-5,7-8H,2-3,6H2,1H3,(H,17,18). The van der Waals surface area contributed by atoms with E-state index >= 15 is 0 Å². The molecule has 1 unspecified atom stereocenters. The molecule has 1 atom stereocenters. The van der Waals surface area contributed by atoms with Crippen molar-refractivity contribution in [3.8, 4) is 0 Å². The van der Waals surface area contributed by atoms with Crippen LogP contribution in [0.25, 0.3) is 0 Å². The highest BCUT2D eigenvalue weighted by molar-refractivity contribution is 9.10. The molecule has 4 nitrogen and oxygen atoms in total. The molecule has 1 N–H and O–H groups in total. The van der Waals surface area contributed by atoms with Crippen LogP contribution < -0.4 is 5.32 Å². The number of benzene rings is 1. The van der Waals surface area contributed by atoms with E-state index in [1.807, 2.05) is 6.92 Å². The Morgan fingerprint density at radius 3 is 2.67 bits per heavy atom. The van der Waals surface area contributed by atoms with Crippen LogP contribution in [-0.2, 0) is 9.05 Å². The summed E-state index contributed by atoms with van der Waals surface area (Å²) < 4.78 is 37.1. The van der Waals surface area contributed by atoms with Gasteiger partial charge in [0.05, 0.1) is 5.56 Å². The first kappa shape index (κ1) is 16.7. The lowest BCUT2D eigenvalue weighted by atomic mass is 10.1. The Hall–Kier alpha value is -0.660. The Kier molecular flexibility index (Phi) is 4.95. The molecule has 1 aromatic rings. The van der Waals surface area contributed by atoms with Gasteiger partial charge in [0, 0.05) is 21.7 Å². The van der Waals surface area contributed by atoms with Crippen LogP contribution in [0.1, 0.15) is 30.1 Å². The van der Waals surface area contributed by atoms with Gasteiger partial charge in [0.25, 0.3) is 15.0 Å². The molecule has 1 fully saturated rings. The van der Waals surface area contributed by atoms with E-state index in [0.717, 1.165) is 18.9 Å². The first-order valence-electron chi connectivity index (χ1n) is 6.42. The predicted molar refractivity (Wildman–Crippen MR) is 81.4 cm³/mol. The molecule has 0 spiro atoms. The number of amides is 1. The Morgan fingerprint density at radius 1 is 1.52 bits per heavy atom. The molecule has 0 aliphatic heterocycles. The lowest BCUT2D eigenvalue weighted by molar-refractivity contribution is 0.0942. The van der Waals surface area contributed by atoms with Gasteiger partial charge in [-0.1, -0.05) is 22.9 Å². The van der Waals surface area contributed by atoms with E-state index in [1.54, 1.807) is 0 Å². The predicted octanol–water partition coefficient (Wildman–Crippen LogP) is 3.29. The quantitative estimate of drug-likeness (QED) is 0.774. The lowest BCUT2D eigenvalue weighted by Crippen LogP contribution is -2.30. The molecule has 2 rings (SSSR count). The third-order valence-electron chi connectivity index (χ3n) is 3.52. The van der Waals surface area contributed by atoms with Crippen molar-refractivity contribution >= 4 is 41.6 Å². The summed E-state index contributed by atoms with van der Waals surface area (Å²) in [5.41, 5.74) is -0.341. The first-order chi connectivity index (χ1) is 9.70. The minimum Gasteiger partial charge on any atom is -0.352 e. The van der Waals surface area contributed by atoms with Crippen molar-refractivity contribution in [3.63, 3.8) is 0 Å². The van der Waals surface area contributed by atoms with E-state index in [-0.39, 0.29) is 10.0 Å². The molecular weight excluding hydrogens is 385 g/mol. The average molecular weight is 399 g/mol. The van der Waals surface area contributed by atoms with Crippen LogP contribution in [0, 0.1) is 17.7 Å². The average Bonchev–Trinajstić information content (AvgIpc) is 3.20. The van der Waals surface area contributed by atoms with Gasteiger partial charge in [0.15, 0.2) is 5.82 Å². The molecule has 0 aromatic heterocycles. The van der Waals surface area contributed by atoms with Crippen LogP contribution in [0.5, 0.6) is 0 Å². The second-order valence-corrected chi connectivity index (χ2v) is 8.68. The third-order valence-corrected chi connectivity index (χ3v) is 5.30. The summed E-state index contributed by atoms with van der Waals surface area (Å²) in [6.07, 6.45) is 2.30. The number of nitrogens with one attached hydrogen (secondary N) is 1. The van der Waals surface area contributed by atoms with Gasteiger partial charge >= 0.3 is 0 Å². The van der Waals surface area contributed by atoms with E-state index in [2.05, 4.69) is 21.2 Å². The number of hydrogen-bond acceptors (Lipinski definition) is 3. The Balaban J connectivity index is 2.22. The van der Waals surface area contributed by atoms with E-state index in [9.17, 15) is 17.6 Å². The lowest BCUT2D eigenvalue weighted by Gasteiger charge is -2.12. The second-order valence-electron chi connectivity index (χ2n) is 5.23. The zero-order chi connectivity index (χ0) is 15.8. The van der Waals surface area contributed by atoms with E-state index in [0.29, 0.717) is 18.4 Å². The topological polar surface area (TPSA) is 63.2 Å². The summed E-state index contributed by atoms with van der Waals surface area (Å²) in [5.74, 6) is -0.857. The summed E-state index contributed by atoms with van der Waals surface area (Å²) in [5, 5.41) is 2.63. The maximum absolute atomic E-state index is 14.1. The Bertz CT molecular complexity index is 676. The Morgan fingerprint density at radius 2 is 2.14 bits per heavy atom. The van der Waals surface area contributed by atoms with E-state index in [4.69, 9.17) is 10.7 Å². The molecule has 1 saturated carbocycles. The summed E-state index contributed by atoms with van der Waals surface area (Å²) in [6.45, 7) is 2.45. The molecule has 0 heterocycles. The summed E-state index contributed by atoms with van der Waals surface area (Å²) in [4.78, 5) is 11.3. The molecule has 0 bridgehead atoms. The number of halogens is 3. The van der Waals surface area contributed by atoms with Crippen molar-refractivity contribution in [2.24, 2.45) is 11.8 Å². The molecule has 0 saturated heterocycles. The highest BCUT2D eigenvalue weighted by atomic mass is 79.9. The van der Waals surface area contributed by atoms with Crippen LogP contribution in [0.3, 0.4) is 0 Å². The van der Waals surface area contributed by atoms with Crippen LogP contribution >= 0.6 is 26.6 Å². The largest absolute Gasteiger partial charge is 0.352 e. The fourth-order valence-corrected chi connectivity index (χ4v) is 3.63. The first-order valence-corrected chi connectivity index (χ1v) is 9.52. The highest BCUT2D eigenvalue weighted by Crippen LogP contribution is 2.36. The van der Waals surface area contributed by atoms with Gasteiger partial charge in [-0.15, -0.1) is 0 Å². The van der Waals surface area contributed by atoms with Crippen molar-refractivity contribution in [2.45, 2.75) is 24.7 Å². The SMILES string of the molecule is CC(CNC(=O)c1cc(Br)cc(S(=O)(=O)Cl)c1F)C1CC1. The minimum atomic E-state index is -4.26. The van der Waals surface area contributed by atoms with Crippen LogP contribution in [0.2, 0.25) is 0 Å². The molecule has 1 aliphatic carbocycles. The van der Waals surface area contributed by atoms with Crippen molar-refractivity contribution in [2.75, 3.05) is 6.54 Å². The van der Waals surface area contributed by atoms with Crippen molar-refractivity contribution < 1.29 is 17.6 Å². The fraction of sp³-hybridized carbons (Fsp3) is 0.462. The van der Waals surface area contributed by atoms with Crippen molar-refractivity contribution in [3.05, 3.63) is 28.0 Å². The minimum absolute atomic E-state index is 0.267. The summed E-state index contributed by atoms with van der Waals surface area (Å²) in [6, 6.07) is 2.26. The van der Waals surface area contributed by atoms with Gasteiger partial charge in [-0.2, -0.15) is 0 Å². The van der Waals surface area contributed by atoms with Crippen molar-refractivity contribution in [1.29, 1.82) is 0 Å². The van der Waals surface area contributed by atoms with Crippen LogP contribution in [0.4, 0.5) is 4.39 Å². The molecular formula is C13H14BrClFNO3S.